The van der Waals surface area contributed by atoms with Gasteiger partial charge < -0.3 is 19.4 Å². The van der Waals surface area contributed by atoms with Gasteiger partial charge in [0.05, 0.1) is 24.7 Å². The zero-order valence-corrected chi connectivity index (χ0v) is 18.0. The van der Waals surface area contributed by atoms with E-state index in [1.807, 2.05) is 35.3 Å². The largest absolute Gasteiger partial charge is 0.503 e. The number of hydrogen-bond acceptors (Lipinski definition) is 4. The third-order valence-corrected chi connectivity index (χ3v) is 5.96. The maximum atomic E-state index is 12.7. The molecule has 0 saturated heterocycles. The molecule has 2 aromatic heterocycles. The van der Waals surface area contributed by atoms with Crippen LogP contribution in [0.15, 0.2) is 36.3 Å². The third-order valence-electron chi connectivity index (χ3n) is 5.96. The van der Waals surface area contributed by atoms with E-state index in [9.17, 15) is 14.7 Å². The first-order chi connectivity index (χ1) is 15.0. The number of nitrogens with zero attached hydrogens (tertiary/aromatic N) is 1. The van der Waals surface area contributed by atoms with Crippen molar-refractivity contribution in [2.24, 2.45) is 0 Å². The molecule has 4 rings (SSSR count). The third kappa shape index (κ3) is 4.15. The summed E-state index contributed by atoms with van der Waals surface area (Å²) in [7, 11) is 1.51. The summed E-state index contributed by atoms with van der Waals surface area (Å²) in [4.78, 5) is 28.1. The van der Waals surface area contributed by atoms with Crippen LogP contribution in [0.25, 0.3) is 22.7 Å². The minimum Gasteiger partial charge on any atom is -0.503 e. The molecule has 0 atom stereocenters. The number of aromatic nitrogens is 2. The van der Waals surface area contributed by atoms with E-state index < -0.39 is 0 Å². The second kappa shape index (κ2) is 8.84. The first-order valence-corrected chi connectivity index (χ1v) is 10.9. The molecule has 162 valence electrons. The normalized spacial score (nSPS) is 13.2. The maximum absolute atomic E-state index is 12.7. The molecule has 0 amide bonds. The lowest BCUT2D eigenvalue weighted by atomic mass is 9.87. The number of methoxy groups -OCH3 is 1. The summed E-state index contributed by atoms with van der Waals surface area (Å²) in [5.74, 6) is 0.339. The maximum Gasteiger partial charge on any atom is 0.182 e. The highest BCUT2D eigenvalue weighted by Crippen LogP contribution is 2.42. The van der Waals surface area contributed by atoms with Crippen LogP contribution < -0.4 is 4.74 Å². The number of aromatic amines is 1. The van der Waals surface area contributed by atoms with Crippen LogP contribution >= 0.6 is 0 Å². The number of hydrogen-bond donors (Lipinski definition) is 2. The molecule has 0 fully saturated rings. The number of aromatic hydroxyl groups is 1. The zero-order chi connectivity index (χ0) is 22.0. The van der Waals surface area contributed by atoms with Crippen molar-refractivity contribution in [3.63, 3.8) is 0 Å². The Kier molecular flexibility index (Phi) is 5.98. The van der Waals surface area contributed by atoms with Crippen molar-refractivity contribution >= 4 is 28.5 Å². The highest BCUT2D eigenvalue weighted by molar-refractivity contribution is 6.10. The molecule has 0 unspecified atom stereocenters. The molecule has 1 aliphatic rings. The Bertz CT molecular complexity index is 1140. The summed E-state index contributed by atoms with van der Waals surface area (Å²) < 4.78 is 7.30. The fourth-order valence-electron chi connectivity index (χ4n) is 4.28. The molecule has 0 bridgehead atoms. The molecule has 1 aromatic carbocycles. The van der Waals surface area contributed by atoms with Crippen molar-refractivity contribution in [2.75, 3.05) is 7.11 Å². The molecule has 0 spiro atoms. The van der Waals surface area contributed by atoms with E-state index in [-0.39, 0.29) is 23.7 Å². The van der Waals surface area contributed by atoms with Gasteiger partial charge in [-0.2, -0.15) is 0 Å². The van der Waals surface area contributed by atoms with Crippen LogP contribution in [0.2, 0.25) is 0 Å². The smallest absolute Gasteiger partial charge is 0.182 e. The SMILES string of the molecule is CCCCCC(=O)CC(=O)C1=Cc2cc(OC)c(O)c(-n3cc4cc[nH]c4c3)c2CC1. The van der Waals surface area contributed by atoms with E-state index in [2.05, 4.69) is 11.9 Å². The van der Waals surface area contributed by atoms with Crippen molar-refractivity contribution in [1.29, 1.82) is 0 Å². The Morgan fingerprint density at radius 2 is 2.06 bits per heavy atom. The molecule has 31 heavy (non-hydrogen) atoms. The summed E-state index contributed by atoms with van der Waals surface area (Å²) in [6.45, 7) is 2.09. The van der Waals surface area contributed by atoms with E-state index >= 15 is 0 Å². The van der Waals surface area contributed by atoms with E-state index in [1.165, 1.54) is 7.11 Å². The van der Waals surface area contributed by atoms with Crippen molar-refractivity contribution in [2.45, 2.75) is 51.9 Å². The van der Waals surface area contributed by atoms with Crippen LogP contribution in [0.3, 0.4) is 0 Å². The monoisotopic (exact) mass is 420 g/mol. The number of nitrogens with one attached hydrogen (secondary N) is 1. The van der Waals surface area contributed by atoms with Gasteiger partial charge >= 0.3 is 0 Å². The number of unbranched alkanes of at least 4 members (excludes halogenated alkanes) is 2. The van der Waals surface area contributed by atoms with Gasteiger partial charge in [0.1, 0.15) is 5.78 Å². The van der Waals surface area contributed by atoms with Crippen molar-refractivity contribution in [3.05, 3.63) is 47.4 Å². The first kappa shape index (κ1) is 21.0. The quantitative estimate of drug-likeness (QED) is 0.372. The van der Waals surface area contributed by atoms with Gasteiger partial charge in [-0.25, -0.2) is 0 Å². The zero-order valence-electron chi connectivity index (χ0n) is 18.0. The number of allylic oxidation sites excluding steroid dienone is 1. The molecule has 0 saturated carbocycles. The van der Waals surface area contributed by atoms with E-state index in [4.69, 9.17) is 4.74 Å². The first-order valence-electron chi connectivity index (χ1n) is 10.9. The number of ketones is 2. The molecule has 6 heteroatoms. The van der Waals surface area contributed by atoms with E-state index in [0.717, 1.165) is 41.3 Å². The Hall–Kier alpha value is -3.28. The lowest BCUT2D eigenvalue weighted by Gasteiger charge is -2.22. The number of ether oxygens (including phenoxy) is 1. The average Bonchev–Trinajstić information content (AvgIpc) is 3.35. The number of carbonyl (C=O) groups excluding carboxylic acids is 2. The van der Waals surface area contributed by atoms with Gasteiger partial charge in [-0.15, -0.1) is 0 Å². The van der Waals surface area contributed by atoms with Gasteiger partial charge in [0.2, 0.25) is 0 Å². The van der Waals surface area contributed by atoms with Crippen LogP contribution in [-0.4, -0.2) is 33.3 Å². The second-order valence-electron chi connectivity index (χ2n) is 8.12. The second-order valence-corrected chi connectivity index (χ2v) is 8.12. The van der Waals surface area contributed by atoms with Crippen LogP contribution in [0.1, 0.15) is 56.6 Å². The Balaban J connectivity index is 1.66. The molecule has 2 N–H and O–H groups in total. The summed E-state index contributed by atoms with van der Waals surface area (Å²) in [5, 5.41) is 11.9. The molecule has 1 aliphatic carbocycles. The van der Waals surface area contributed by atoms with E-state index in [0.29, 0.717) is 36.3 Å². The number of Topliss-reactive ketones (excluding diaryl/α,β-unsaturated/α-hetero) is 2. The molecule has 3 aromatic rings. The average molecular weight is 421 g/mol. The number of H-pyrrole nitrogens is 1. The molecular formula is C25H28N2O4. The van der Waals surface area contributed by atoms with Crippen LogP contribution in [0.5, 0.6) is 11.5 Å². The summed E-state index contributed by atoms with van der Waals surface area (Å²) >= 11 is 0. The summed E-state index contributed by atoms with van der Waals surface area (Å²) in [6.07, 6.45) is 12.1. The van der Waals surface area contributed by atoms with Crippen molar-refractivity contribution < 1.29 is 19.4 Å². The van der Waals surface area contributed by atoms with Crippen molar-refractivity contribution in [1.82, 2.24) is 9.55 Å². The minimum atomic E-state index is -0.102. The standard InChI is InChI=1S/C25H28N2O4/c1-3-4-5-6-19(28)13-22(29)16-7-8-20-18(11-16)12-23(31-2)25(30)24(20)27-14-17-9-10-26-21(17)15-27/h9-12,14-15,26,30H,3-8,13H2,1-2H3. The Morgan fingerprint density at radius 1 is 1.23 bits per heavy atom. The highest BCUT2D eigenvalue weighted by Gasteiger charge is 2.25. The fraction of sp³-hybridized carbons (Fsp3) is 0.360. The van der Waals surface area contributed by atoms with Crippen molar-refractivity contribution in [3.8, 4) is 17.2 Å². The summed E-state index contributed by atoms with van der Waals surface area (Å²) in [6, 6.07) is 3.74. The minimum absolute atomic E-state index is 0.0107. The molecule has 0 radical (unpaired) electrons. The summed E-state index contributed by atoms with van der Waals surface area (Å²) in [5.41, 5.74) is 4.10. The lowest BCUT2D eigenvalue weighted by molar-refractivity contribution is -0.125. The van der Waals surface area contributed by atoms with Crippen LogP contribution in [-0.2, 0) is 16.0 Å². The fourth-order valence-corrected chi connectivity index (χ4v) is 4.28. The topological polar surface area (TPSA) is 84.3 Å². The predicted octanol–water partition coefficient (Wildman–Crippen LogP) is 5.11. The number of carbonyl (C=O) groups is 2. The Morgan fingerprint density at radius 3 is 2.81 bits per heavy atom. The van der Waals surface area contributed by atoms with Gasteiger partial charge in [0, 0.05) is 30.4 Å². The van der Waals surface area contributed by atoms with E-state index in [1.54, 1.807) is 6.07 Å². The number of phenols is 1. The van der Waals surface area contributed by atoms with Crippen LogP contribution in [0, 0.1) is 0 Å². The van der Waals surface area contributed by atoms with Gasteiger partial charge in [0.15, 0.2) is 17.3 Å². The number of phenolic OH excluding ortho intramolecular Hbond substituents is 1. The Labute approximate surface area is 181 Å². The molecule has 0 aliphatic heterocycles. The number of benzene rings is 1. The number of rotatable bonds is 9. The molecule has 6 nitrogen and oxygen atoms in total. The predicted molar refractivity (Wildman–Crippen MR) is 121 cm³/mol. The van der Waals surface area contributed by atoms with Gasteiger partial charge in [-0.3, -0.25) is 9.59 Å². The van der Waals surface area contributed by atoms with Gasteiger partial charge in [-0.1, -0.05) is 19.8 Å². The molecular weight excluding hydrogens is 392 g/mol. The highest BCUT2D eigenvalue weighted by atomic mass is 16.5. The van der Waals surface area contributed by atoms with Gasteiger partial charge in [0.25, 0.3) is 0 Å². The van der Waals surface area contributed by atoms with Crippen LogP contribution in [0.4, 0.5) is 0 Å². The number of fused-ring (bicyclic) bond motifs is 2. The molecule has 2 heterocycles. The lowest BCUT2D eigenvalue weighted by Crippen LogP contribution is -2.14. The van der Waals surface area contributed by atoms with Gasteiger partial charge in [-0.05, 0) is 54.2 Å².